The molecule has 0 atom stereocenters. The van der Waals surface area contributed by atoms with Gasteiger partial charge in [-0.05, 0) is 37.1 Å². The highest BCUT2D eigenvalue weighted by Crippen LogP contribution is 2.35. The Bertz CT molecular complexity index is 431. The maximum Gasteiger partial charge on any atom is 0.314 e. The van der Waals surface area contributed by atoms with Gasteiger partial charge in [0.15, 0.2) is 0 Å². The van der Waals surface area contributed by atoms with Crippen molar-refractivity contribution >= 4 is 11.9 Å². The van der Waals surface area contributed by atoms with Crippen molar-refractivity contribution in [2.75, 3.05) is 0 Å². The standard InChI is InChI=1S/C12H12O5/c13-9-1-3-10(4-2-9)17-12(16)8-5-7(6-8)11(14)15/h1-4,7-8,13H,5-6H2,(H,14,15). The first-order valence-corrected chi connectivity index (χ1v) is 5.30. The second-order valence-electron chi connectivity index (χ2n) is 4.12. The molecular formula is C12H12O5. The Labute approximate surface area is 97.6 Å². The molecule has 1 fully saturated rings. The van der Waals surface area contributed by atoms with E-state index in [1.165, 1.54) is 24.3 Å². The van der Waals surface area contributed by atoms with Crippen LogP contribution in [-0.4, -0.2) is 22.2 Å². The van der Waals surface area contributed by atoms with Crippen molar-refractivity contribution in [1.29, 1.82) is 0 Å². The van der Waals surface area contributed by atoms with Gasteiger partial charge in [-0.3, -0.25) is 9.59 Å². The topological polar surface area (TPSA) is 83.8 Å². The van der Waals surface area contributed by atoms with E-state index in [1.54, 1.807) is 0 Å². The van der Waals surface area contributed by atoms with E-state index in [0.717, 1.165) is 0 Å². The first kappa shape index (κ1) is 11.4. The predicted octanol–water partition coefficient (Wildman–Crippen LogP) is 1.41. The van der Waals surface area contributed by atoms with Crippen molar-refractivity contribution in [3.63, 3.8) is 0 Å². The first-order chi connectivity index (χ1) is 8.06. The number of hydrogen-bond donors (Lipinski definition) is 2. The number of hydrogen-bond acceptors (Lipinski definition) is 4. The van der Waals surface area contributed by atoms with Gasteiger partial charge in [-0.2, -0.15) is 0 Å². The predicted molar refractivity (Wildman–Crippen MR) is 57.6 cm³/mol. The molecule has 5 heteroatoms. The lowest BCUT2D eigenvalue weighted by molar-refractivity contribution is -0.152. The third-order valence-corrected chi connectivity index (χ3v) is 2.88. The number of rotatable bonds is 3. The van der Waals surface area contributed by atoms with Crippen LogP contribution in [0.4, 0.5) is 0 Å². The van der Waals surface area contributed by atoms with Gasteiger partial charge < -0.3 is 14.9 Å². The molecule has 0 saturated heterocycles. The molecule has 5 nitrogen and oxygen atoms in total. The summed E-state index contributed by atoms with van der Waals surface area (Å²) in [6.45, 7) is 0. The smallest absolute Gasteiger partial charge is 0.314 e. The molecule has 0 aromatic heterocycles. The van der Waals surface area contributed by atoms with Crippen LogP contribution in [0.2, 0.25) is 0 Å². The number of esters is 1. The zero-order valence-electron chi connectivity index (χ0n) is 9.00. The van der Waals surface area contributed by atoms with E-state index in [1.807, 2.05) is 0 Å². The number of ether oxygens (including phenoxy) is 1. The molecule has 0 heterocycles. The van der Waals surface area contributed by atoms with Crippen LogP contribution in [0.5, 0.6) is 11.5 Å². The van der Waals surface area contributed by atoms with E-state index in [-0.39, 0.29) is 11.7 Å². The van der Waals surface area contributed by atoms with Crippen molar-refractivity contribution in [3.8, 4) is 11.5 Å². The van der Waals surface area contributed by atoms with Crippen molar-refractivity contribution in [3.05, 3.63) is 24.3 Å². The highest BCUT2D eigenvalue weighted by atomic mass is 16.5. The molecule has 0 aliphatic heterocycles. The van der Waals surface area contributed by atoms with Gasteiger partial charge in [-0.15, -0.1) is 0 Å². The van der Waals surface area contributed by atoms with E-state index in [4.69, 9.17) is 14.9 Å². The molecule has 2 rings (SSSR count). The SMILES string of the molecule is O=C(O)C1CC(C(=O)Oc2ccc(O)cc2)C1. The Balaban J connectivity index is 1.87. The van der Waals surface area contributed by atoms with Crippen LogP contribution in [0.15, 0.2) is 24.3 Å². The van der Waals surface area contributed by atoms with Gasteiger partial charge in [0.05, 0.1) is 11.8 Å². The number of aromatic hydroxyl groups is 1. The number of carboxylic acid groups (broad SMARTS) is 1. The molecule has 0 spiro atoms. The van der Waals surface area contributed by atoms with Crippen LogP contribution >= 0.6 is 0 Å². The van der Waals surface area contributed by atoms with Gasteiger partial charge in [-0.25, -0.2) is 0 Å². The van der Waals surface area contributed by atoms with Crippen LogP contribution in [0.3, 0.4) is 0 Å². The molecule has 1 aromatic carbocycles. The highest BCUT2D eigenvalue weighted by molar-refractivity contribution is 5.80. The van der Waals surface area contributed by atoms with Crippen molar-refractivity contribution in [1.82, 2.24) is 0 Å². The van der Waals surface area contributed by atoms with Gasteiger partial charge in [0, 0.05) is 0 Å². The minimum Gasteiger partial charge on any atom is -0.508 e. The molecule has 1 aliphatic rings. The van der Waals surface area contributed by atoms with Gasteiger partial charge in [-0.1, -0.05) is 0 Å². The molecule has 0 unspecified atom stereocenters. The van der Waals surface area contributed by atoms with E-state index < -0.39 is 17.9 Å². The Hall–Kier alpha value is -2.04. The molecule has 0 amide bonds. The molecule has 0 radical (unpaired) electrons. The van der Waals surface area contributed by atoms with E-state index in [9.17, 15) is 9.59 Å². The van der Waals surface area contributed by atoms with Crippen LogP contribution in [0.25, 0.3) is 0 Å². The number of carboxylic acids is 1. The maximum absolute atomic E-state index is 11.6. The number of aliphatic carboxylic acids is 1. The summed E-state index contributed by atoms with van der Waals surface area (Å²) in [5.74, 6) is -1.57. The average Bonchev–Trinajstić information content (AvgIpc) is 2.18. The Morgan fingerprint density at radius 1 is 1.12 bits per heavy atom. The summed E-state index contributed by atoms with van der Waals surface area (Å²) < 4.78 is 5.06. The summed E-state index contributed by atoms with van der Waals surface area (Å²) in [6.07, 6.45) is 0.679. The monoisotopic (exact) mass is 236 g/mol. The molecule has 2 N–H and O–H groups in total. The fourth-order valence-corrected chi connectivity index (χ4v) is 1.73. The minimum absolute atomic E-state index is 0.0967. The van der Waals surface area contributed by atoms with Gasteiger partial charge in [0.2, 0.25) is 0 Å². The normalized spacial score (nSPS) is 22.6. The molecule has 0 bridgehead atoms. The third kappa shape index (κ3) is 2.55. The van der Waals surface area contributed by atoms with E-state index in [2.05, 4.69) is 0 Å². The van der Waals surface area contributed by atoms with Crippen molar-refractivity contribution in [2.24, 2.45) is 11.8 Å². The number of carbonyl (C=O) groups is 2. The summed E-state index contributed by atoms with van der Waals surface area (Å²) in [6, 6.07) is 5.81. The van der Waals surface area contributed by atoms with Crippen LogP contribution in [-0.2, 0) is 9.59 Å². The van der Waals surface area contributed by atoms with E-state index >= 15 is 0 Å². The number of phenols is 1. The lowest BCUT2D eigenvalue weighted by atomic mass is 9.75. The fraction of sp³-hybridized carbons (Fsp3) is 0.333. The number of benzene rings is 1. The van der Waals surface area contributed by atoms with E-state index in [0.29, 0.717) is 18.6 Å². The molecule has 1 aliphatic carbocycles. The molecule has 90 valence electrons. The first-order valence-electron chi connectivity index (χ1n) is 5.30. The summed E-state index contributed by atoms with van der Waals surface area (Å²) in [7, 11) is 0. The lowest BCUT2D eigenvalue weighted by Gasteiger charge is -2.29. The maximum atomic E-state index is 11.6. The summed E-state index contributed by atoms with van der Waals surface area (Å²) >= 11 is 0. The second-order valence-corrected chi connectivity index (χ2v) is 4.12. The minimum atomic E-state index is -0.862. The summed E-state index contributed by atoms with van der Waals surface area (Å²) in [4.78, 5) is 22.1. The Morgan fingerprint density at radius 2 is 1.71 bits per heavy atom. The van der Waals surface area contributed by atoms with Crippen LogP contribution < -0.4 is 4.74 Å². The van der Waals surface area contributed by atoms with Gasteiger partial charge >= 0.3 is 11.9 Å². The van der Waals surface area contributed by atoms with Gasteiger partial charge in [0.25, 0.3) is 0 Å². The molecule has 17 heavy (non-hydrogen) atoms. The highest BCUT2D eigenvalue weighted by Gasteiger charge is 2.39. The zero-order valence-corrected chi connectivity index (χ0v) is 9.00. The fourth-order valence-electron chi connectivity index (χ4n) is 1.73. The molecular weight excluding hydrogens is 224 g/mol. The Morgan fingerprint density at radius 3 is 2.24 bits per heavy atom. The molecule has 1 saturated carbocycles. The zero-order chi connectivity index (χ0) is 12.4. The van der Waals surface area contributed by atoms with Gasteiger partial charge in [0.1, 0.15) is 11.5 Å². The van der Waals surface area contributed by atoms with Crippen LogP contribution in [0, 0.1) is 11.8 Å². The number of phenolic OH excluding ortho intramolecular Hbond substituents is 1. The Kier molecular flexibility index (Phi) is 2.99. The molecule has 1 aromatic rings. The number of carbonyl (C=O) groups excluding carboxylic acids is 1. The summed E-state index contributed by atoms with van der Waals surface area (Å²) in [5, 5.41) is 17.7. The van der Waals surface area contributed by atoms with Crippen molar-refractivity contribution in [2.45, 2.75) is 12.8 Å². The summed E-state index contributed by atoms with van der Waals surface area (Å²) in [5.41, 5.74) is 0. The largest absolute Gasteiger partial charge is 0.508 e. The second kappa shape index (κ2) is 4.45. The lowest BCUT2D eigenvalue weighted by Crippen LogP contribution is -2.37. The third-order valence-electron chi connectivity index (χ3n) is 2.88. The quantitative estimate of drug-likeness (QED) is 0.612. The van der Waals surface area contributed by atoms with Crippen LogP contribution in [0.1, 0.15) is 12.8 Å². The average molecular weight is 236 g/mol. The van der Waals surface area contributed by atoms with Crippen molar-refractivity contribution < 1.29 is 24.5 Å².